The molecule has 0 radical (unpaired) electrons. The first kappa shape index (κ1) is 8.99. The molecule has 68 valence electrons. The molecule has 2 atom stereocenters. The molecule has 1 N–H and O–H groups in total. The van der Waals surface area contributed by atoms with Crippen LogP contribution in [0.3, 0.4) is 0 Å². The number of ether oxygens (including phenoxy) is 1. The second kappa shape index (κ2) is 3.10. The summed E-state index contributed by atoms with van der Waals surface area (Å²) in [6.45, 7) is 3.38. The van der Waals surface area contributed by atoms with Crippen LogP contribution in [0.1, 0.15) is 13.8 Å². The summed E-state index contributed by atoms with van der Waals surface area (Å²) in [4.78, 5) is 23.5. The zero-order valence-electron chi connectivity index (χ0n) is 7.33. The van der Waals surface area contributed by atoms with Crippen molar-refractivity contribution in [1.29, 1.82) is 0 Å². The predicted molar refractivity (Wildman–Crippen MR) is 41.3 cm³/mol. The third-order valence-corrected chi connectivity index (χ3v) is 1.99. The van der Waals surface area contributed by atoms with Gasteiger partial charge in [-0.3, -0.25) is 15.0 Å². The Morgan fingerprint density at radius 2 is 2.17 bits per heavy atom. The number of nitrogens with zero attached hydrogens (tertiary/aromatic N) is 1. The van der Waals surface area contributed by atoms with Gasteiger partial charge < -0.3 is 4.74 Å². The lowest BCUT2D eigenvalue weighted by atomic mass is 10.3. The van der Waals surface area contributed by atoms with Gasteiger partial charge in [0.1, 0.15) is 12.3 Å². The fourth-order valence-corrected chi connectivity index (χ4v) is 1.17. The maximum Gasteiger partial charge on any atom is 0.326 e. The van der Waals surface area contributed by atoms with Crippen molar-refractivity contribution >= 4 is 11.9 Å². The lowest BCUT2D eigenvalue weighted by Crippen LogP contribution is -2.41. The zero-order valence-corrected chi connectivity index (χ0v) is 7.33. The van der Waals surface area contributed by atoms with Gasteiger partial charge in [-0.1, -0.05) is 0 Å². The van der Waals surface area contributed by atoms with Gasteiger partial charge in [0.2, 0.25) is 0 Å². The van der Waals surface area contributed by atoms with Crippen molar-refractivity contribution in [3.63, 3.8) is 0 Å². The molecule has 1 saturated heterocycles. The minimum absolute atomic E-state index is 0.274. The number of carbonyl (C=O) groups excluding carboxylic acids is 2. The Morgan fingerprint density at radius 1 is 1.58 bits per heavy atom. The zero-order chi connectivity index (χ0) is 9.30. The third kappa shape index (κ3) is 1.27. The summed E-state index contributed by atoms with van der Waals surface area (Å²) in [6, 6.07) is -0.825. The topological polar surface area (TPSA) is 58.6 Å². The second-order valence-corrected chi connectivity index (χ2v) is 2.71. The summed E-state index contributed by atoms with van der Waals surface area (Å²) < 4.78 is 4.94. The van der Waals surface area contributed by atoms with E-state index in [1.165, 1.54) is 12.0 Å². The molecule has 0 aromatic rings. The van der Waals surface area contributed by atoms with Crippen LogP contribution < -0.4 is 5.32 Å². The molecule has 3 amide bonds. The highest BCUT2D eigenvalue weighted by atomic mass is 16.5. The number of urea groups is 1. The summed E-state index contributed by atoms with van der Waals surface area (Å²) in [5.41, 5.74) is 0. The van der Waals surface area contributed by atoms with Crippen molar-refractivity contribution in [3.05, 3.63) is 0 Å². The number of hydrogen-bond donors (Lipinski definition) is 1. The van der Waals surface area contributed by atoms with E-state index < -0.39 is 6.04 Å². The van der Waals surface area contributed by atoms with Crippen molar-refractivity contribution < 1.29 is 14.3 Å². The number of hydrogen-bond acceptors (Lipinski definition) is 3. The van der Waals surface area contributed by atoms with E-state index in [1.54, 1.807) is 13.8 Å². The molecule has 0 saturated carbocycles. The van der Waals surface area contributed by atoms with Gasteiger partial charge in [-0.25, -0.2) is 4.79 Å². The van der Waals surface area contributed by atoms with Crippen LogP contribution in [0.15, 0.2) is 0 Å². The maximum absolute atomic E-state index is 11.1. The average molecular weight is 172 g/mol. The molecular formula is C7H12N2O3. The van der Waals surface area contributed by atoms with Gasteiger partial charge in [-0.2, -0.15) is 0 Å². The molecule has 1 rings (SSSR count). The molecule has 0 aliphatic carbocycles. The van der Waals surface area contributed by atoms with Crippen LogP contribution in [-0.2, 0) is 9.53 Å². The van der Waals surface area contributed by atoms with E-state index in [4.69, 9.17) is 4.74 Å². The summed E-state index contributed by atoms with van der Waals surface area (Å²) in [5.74, 6) is -0.274. The Labute approximate surface area is 70.7 Å². The Hall–Kier alpha value is -1.10. The lowest BCUT2D eigenvalue weighted by molar-refractivity contribution is -0.122. The van der Waals surface area contributed by atoms with Crippen LogP contribution in [0, 0.1) is 0 Å². The molecule has 0 spiro atoms. The molecule has 5 nitrogen and oxygen atoms in total. The molecule has 1 fully saturated rings. The van der Waals surface area contributed by atoms with Gasteiger partial charge in [-0.15, -0.1) is 0 Å². The Balaban J connectivity index is 2.76. The first-order valence-corrected chi connectivity index (χ1v) is 3.74. The summed E-state index contributed by atoms with van der Waals surface area (Å²) in [7, 11) is 1.49. The molecular weight excluding hydrogens is 160 g/mol. The van der Waals surface area contributed by atoms with Crippen molar-refractivity contribution in [2.75, 3.05) is 7.11 Å². The largest absolute Gasteiger partial charge is 0.362 e. The molecule has 12 heavy (non-hydrogen) atoms. The quantitative estimate of drug-likeness (QED) is 0.592. The Kier molecular flexibility index (Phi) is 2.32. The van der Waals surface area contributed by atoms with Gasteiger partial charge in [0.05, 0.1) is 0 Å². The minimum Gasteiger partial charge on any atom is -0.362 e. The third-order valence-electron chi connectivity index (χ3n) is 1.99. The Bertz CT molecular complexity index is 217. The van der Waals surface area contributed by atoms with E-state index in [0.29, 0.717) is 0 Å². The number of methoxy groups -OCH3 is 1. The van der Waals surface area contributed by atoms with Crippen molar-refractivity contribution in [2.24, 2.45) is 0 Å². The number of amides is 3. The molecule has 0 bridgehead atoms. The van der Waals surface area contributed by atoms with Crippen molar-refractivity contribution in [2.45, 2.75) is 26.1 Å². The average Bonchev–Trinajstić information content (AvgIpc) is 2.26. The number of carbonyl (C=O) groups is 2. The highest BCUT2D eigenvalue weighted by molar-refractivity contribution is 6.03. The standard InChI is InChI=1S/C7H12N2O3/c1-4-6(10)8-7(11)9(4)5(2)12-3/h4-5H,1-3H3,(H,8,10,11). The molecule has 1 aliphatic rings. The van der Waals surface area contributed by atoms with Crippen LogP contribution in [0.5, 0.6) is 0 Å². The second-order valence-electron chi connectivity index (χ2n) is 2.71. The van der Waals surface area contributed by atoms with E-state index in [2.05, 4.69) is 5.32 Å². The summed E-state index contributed by atoms with van der Waals surface area (Å²) in [6.07, 6.45) is -0.369. The maximum atomic E-state index is 11.1. The van der Waals surface area contributed by atoms with Crippen LogP contribution >= 0.6 is 0 Å². The first-order valence-electron chi connectivity index (χ1n) is 3.74. The normalized spacial score (nSPS) is 25.9. The SMILES string of the molecule is COC(C)N1C(=O)NC(=O)C1C. The smallest absolute Gasteiger partial charge is 0.326 e. The molecule has 1 aliphatic heterocycles. The molecule has 0 aromatic carbocycles. The summed E-state index contributed by atoms with van der Waals surface area (Å²) in [5, 5.41) is 2.20. The van der Waals surface area contributed by atoms with Gasteiger partial charge >= 0.3 is 6.03 Å². The fourth-order valence-electron chi connectivity index (χ4n) is 1.17. The molecule has 2 unspecified atom stereocenters. The van der Waals surface area contributed by atoms with Crippen molar-refractivity contribution in [3.8, 4) is 0 Å². The van der Waals surface area contributed by atoms with E-state index >= 15 is 0 Å². The van der Waals surface area contributed by atoms with Gasteiger partial charge in [0, 0.05) is 7.11 Å². The summed E-state index contributed by atoms with van der Waals surface area (Å²) >= 11 is 0. The van der Waals surface area contributed by atoms with E-state index in [1.807, 2.05) is 0 Å². The van der Waals surface area contributed by atoms with Gasteiger partial charge in [-0.05, 0) is 13.8 Å². The molecule has 1 heterocycles. The van der Waals surface area contributed by atoms with Gasteiger partial charge in [0.25, 0.3) is 5.91 Å². The molecule has 0 aromatic heterocycles. The van der Waals surface area contributed by atoms with E-state index in [9.17, 15) is 9.59 Å². The molecule has 5 heteroatoms. The van der Waals surface area contributed by atoms with Gasteiger partial charge in [0.15, 0.2) is 0 Å². The number of nitrogens with one attached hydrogen (secondary N) is 1. The Morgan fingerprint density at radius 3 is 2.50 bits per heavy atom. The predicted octanol–water partition coefficient (Wildman–Crippen LogP) is -0.0809. The number of imide groups is 1. The van der Waals surface area contributed by atoms with E-state index in [-0.39, 0.29) is 18.2 Å². The van der Waals surface area contributed by atoms with Crippen LogP contribution in [0.4, 0.5) is 4.79 Å². The number of rotatable bonds is 2. The first-order chi connectivity index (χ1) is 5.57. The van der Waals surface area contributed by atoms with Crippen LogP contribution in [0.25, 0.3) is 0 Å². The van der Waals surface area contributed by atoms with Crippen molar-refractivity contribution in [1.82, 2.24) is 10.2 Å². The van der Waals surface area contributed by atoms with Crippen LogP contribution in [-0.4, -0.2) is 36.2 Å². The fraction of sp³-hybridized carbons (Fsp3) is 0.714. The lowest BCUT2D eigenvalue weighted by Gasteiger charge is -2.24. The highest BCUT2D eigenvalue weighted by Crippen LogP contribution is 2.12. The highest BCUT2D eigenvalue weighted by Gasteiger charge is 2.37. The minimum atomic E-state index is -0.438. The monoisotopic (exact) mass is 172 g/mol. The van der Waals surface area contributed by atoms with Crippen LogP contribution in [0.2, 0.25) is 0 Å². The van der Waals surface area contributed by atoms with E-state index in [0.717, 1.165) is 0 Å².